The van der Waals surface area contributed by atoms with Gasteiger partial charge < -0.3 is 15.4 Å². The monoisotopic (exact) mass is 318 g/mol. The standard InChI is InChI=1S/C16H34N2O2S/c1-7-16(8-2,13-17-11-9-10-12-21-6)18-14(19)20-15(3,4)5/h17H,7-13H2,1-6H3,(H,18,19). The summed E-state index contributed by atoms with van der Waals surface area (Å²) < 4.78 is 5.38. The van der Waals surface area contributed by atoms with E-state index in [1.54, 1.807) is 0 Å². The Morgan fingerprint density at radius 3 is 2.24 bits per heavy atom. The number of hydrogen-bond donors (Lipinski definition) is 2. The molecule has 0 bridgehead atoms. The molecule has 1 amide bonds. The van der Waals surface area contributed by atoms with Crippen molar-refractivity contribution < 1.29 is 9.53 Å². The van der Waals surface area contributed by atoms with Crippen LogP contribution in [-0.4, -0.2) is 42.3 Å². The predicted octanol–water partition coefficient (Wildman–Crippen LogP) is 3.80. The number of nitrogens with one attached hydrogen (secondary N) is 2. The molecule has 0 radical (unpaired) electrons. The zero-order chi connectivity index (χ0) is 16.4. The van der Waals surface area contributed by atoms with Gasteiger partial charge in [-0.2, -0.15) is 11.8 Å². The van der Waals surface area contributed by atoms with E-state index < -0.39 is 5.60 Å². The highest BCUT2D eigenvalue weighted by molar-refractivity contribution is 7.98. The summed E-state index contributed by atoms with van der Waals surface area (Å²) in [6.07, 6.45) is 6.00. The first-order chi connectivity index (χ1) is 9.78. The van der Waals surface area contributed by atoms with Gasteiger partial charge in [0.1, 0.15) is 5.60 Å². The van der Waals surface area contributed by atoms with E-state index in [1.165, 1.54) is 18.6 Å². The summed E-state index contributed by atoms with van der Waals surface area (Å²) in [6, 6.07) is 0. The number of unbranched alkanes of at least 4 members (excludes halogenated alkanes) is 1. The summed E-state index contributed by atoms with van der Waals surface area (Å²) in [5.74, 6) is 1.21. The van der Waals surface area contributed by atoms with Gasteiger partial charge in [0, 0.05) is 6.54 Å². The zero-order valence-electron chi connectivity index (χ0n) is 14.7. The molecule has 0 saturated heterocycles. The molecule has 0 aromatic heterocycles. The van der Waals surface area contributed by atoms with Gasteiger partial charge in [-0.1, -0.05) is 13.8 Å². The molecule has 0 spiro atoms. The van der Waals surface area contributed by atoms with Crippen LogP contribution in [0.5, 0.6) is 0 Å². The van der Waals surface area contributed by atoms with E-state index in [-0.39, 0.29) is 11.6 Å². The third-order valence-electron chi connectivity index (χ3n) is 3.54. The fourth-order valence-corrected chi connectivity index (χ4v) is 2.56. The Morgan fingerprint density at radius 2 is 1.76 bits per heavy atom. The number of amides is 1. The molecule has 0 heterocycles. The van der Waals surface area contributed by atoms with Gasteiger partial charge in [0.25, 0.3) is 0 Å². The van der Waals surface area contributed by atoms with E-state index in [9.17, 15) is 4.79 Å². The molecule has 5 heteroatoms. The van der Waals surface area contributed by atoms with Gasteiger partial charge in [0.15, 0.2) is 0 Å². The van der Waals surface area contributed by atoms with Crippen LogP contribution in [0.2, 0.25) is 0 Å². The largest absolute Gasteiger partial charge is 0.444 e. The highest BCUT2D eigenvalue weighted by Crippen LogP contribution is 2.16. The molecule has 0 aromatic carbocycles. The molecule has 0 atom stereocenters. The maximum absolute atomic E-state index is 12.0. The average Bonchev–Trinajstić information content (AvgIpc) is 2.39. The van der Waals surface area contributed by atoms with E-state index in [0.717, 1.165) is 25.9 Å². The number of rotatable bonds is 10. The van der Waals surface area contributed by atoms with Crippen molar-refractivity contribution in [3.8, 4) is 0 Å². The van der Waals surface area contributed by atoms with Crippen LogP contribution in [0.15, 0.2) is 0 Å². The molecular weight excluding hydrogens is 284 g/mol. The third-order valence-corrected chi connectivity index (χ3v) is 4.23. The summed E-state index contributed by atoms with van der Waals surface area (Å²) in [6.45, 7) is 11.7. The quantitative estimate of drug-likeness (QED) is 0.602. The van der Waals surface area contributed by atoms with Gasteiger partial charge >= 0.3 is 6.09 Å². The van der Waals surface area contributed by atoms with Crippen LogP contribution in [-0.2, 0) is 4.74 Å². The maximum Gasteiger partial charge on any atom is 0.408 e. The van der Waals surface area contributed by atoms with Gasteiger partial charge in [-0.05, 0) is 65.0 Å². The molecule has 0 rings (SSSR count). The smallest absolute Gasteiger partial charge is 0.408 e. The van der Waals surface area contributed by atoms with Gasteiger partial charge in [0.05, 0.1) is 5.54 Å². The van der Waals surface area contributed by atoms with Crippen molar-refractivity contribution in [1.82, 2.24) is 10.6 Å². The maximum atomic E-state index is 12.0. The van der Waals surface area contributed by atoms with Gasteiger partial charge in [-0.15, -0.1) is 0 Å². The molecule has 0 aliphatic rings. The third kappa shape index (κ3) is 10.0. The number of carbonyl (C=O) groups is 1. The molecular formula is C16H34N2O2S. The highest BCUT2D eigenvalue weighted by Gasteiger charge is 2.29. The van der Waals surface area contributed by atoms with Crippen molar-refractivity contribution >= 4 is 17.9 Å². The number of thioether (sulfide) groups is 1. The van der Waals surface area contributed by atoms with Gasteiger partial charge in [-0.25, -0.2) is 4.79 Å². The molecule has 0 aliphatic carbocycles. The Bertz CT molecular complexity index is 286. The molecule has 126 valence electrons. The van der Waals surface area contributed by atoms with Crippen LogP contribution >= 0.6 is 11.8 Å². The van der Waals surface area contributed by atoms with Crippen LogP contribution < -0.4 is 10.6 Å². The first-order valence-electron chi connectivity index (χ1n) is 7.99. The normalized spacial score (nSPS) is 12.3. The molecule has 21 heavy (non-hydrogen) atoms. The number of ether oxygens (including phenoxy) is 1. The average molecular weight is 319 g/mol. The van der Waals surface area contributed by atoms with E-state index in [0.29, 0.717) is 0 Å². The molecule has 0 unspecified atom stereocenters. The fourth-order valence-electron chi connectivity index (χ4n) is 2.07. The predicted molar refractivity (Wildman–Crippen MR) is 93.2 cm³/mol. The zero-order valence-corrected chi connectivity index (χ0v) is 15.5. The van der Waals surface area contributed by atoms with E-state index in [1.807, 2.05) is 32.5 Å². The Balaban J connectivity index is 4.26. The second-order valence-corrected chi connectivity index (χ2v) is 7.48. The Labute approximate surface area is 135 Å². The van der Waals surface area contributed by atoms with Crippen molar-refractivity contribution in [1.29, 1.82) is 0 Å². The molecule has 2 N–H and O–H groups in total. The van der Waals surface area contributed by atoms with Crippen molar-refractivity contribution in [3.05, 3.63) is 0 Å². The lowest BCUT2D eigenvalue weighted by atomic mass is 9.93. The Kier molecular flexibility index (Phi) is 10.1. The molecule has 0 aromatic rings. The lowest BCUT2D eigenvalue weighted by Gasteiger charge is -2.34. The second-order valence-electron chi connectivity index (χ2n) is 6.49. The molecule has 0 saturated carbocycles. The van der Waals surface area contributed by atoms with E-state index >= 15 is 0 Å². The van der Waals surface area contributed by atoms with Crippen molar-refractivity contribution in [3.63, 3.8) is 0 Å². The molecule has 4 nitrogen and oxygen atoms in total. The lowest BCUT2D eigenvalue weighted by molar-refractivity contribution is 0.0446. The fraction of sp³-hybridized carbons (Fsp3) is 0.938. The van der Waals surface area contributed by atoms with Crippen LogP contribution in [0.4, 0.5) is 4.79 Å². The minimum Gasteiger partial charge on any atom is -0.444 e. The Hall–Kier alpha value is -0.420. The summed E-state index contributed by atoms with van der Waals surface area (Å²) in [4.78, 5) is 12.0. The van der Waals surface area contributed by atoms with Crippen LogP contribution in [0.3, 0.4) is 0 Å². The summed E-state index contributed by atoms with van der Waals surface area (Å²) in [7, 11) is 0. The Morgan fingerprint density at radius 1 is 1.14 bits per heavy atom. The molecule has 0 aliphatic heterocycles. The van der Waals surface area contributed by atoms with E-state index in [4.69, 9.17) is 4.74 Å². The first kappa shape index (κ1) is 20.6. The summed E-state index contributed by atoms with van der Waals surface area (Å²) >= 11 is 1.89. The van der Waals surface area contributed by atoms with Crippen LogP contribution in [0, 0.1) is 0 Å². The SMILES string of the molecule is CCC(CC)(CNCCCCSC)NC(=O)OC(C)(C)C. The first-order valence-corrected chi connectivity index (χ1v) is 9.39. The lowest BCUT2D eigenvalue weighted by Crippen LogP contribution is -2.55. The van der Waals surface area contributed by atoms with Crippen molar-refractivity contribution in [2.45, 2.75) is 71.4 Å². The minimum atomic E-state index is -0.456. The topological polar surface area (TPSA) is 50.4 Å². The molecule has 0 fully saturated rings. The number of carbonyl (C=O) groups excluding carboxylic acids is 1. The number of hydrogen-bond acceptors (Lipinski definition) is 4. The highest BCUT2D eigenvalue weighted by atomic mass is 32.2. The van der Waals surface area contributed by atoms with Crippen molar-refractivity contribution in [2.75, 3.05) is 25.1 Å². The van der Waals surface area contributed by atoms with Crippen LogP contribution in [0.25, 0.3) is 0 Å². The number of alkyl carbamates (subject to hydrolysis) is 1. The van der Waals surface area contributed by atoms with E-state index in [2.05, 4.69) is 30.7 Å². The van der Waals surface area contributed by atoms with Crippen molar-refractivity contribution in [2.24, 2.45) is 0 Å². The summed E-state index contributed by atoms with van der Waals surface area (Å²) in [5, 5.41) is 6.54. The summed E-state index contributed by atoms with van der Waals surface area (Å²) in [5.41, 5.74) is -0.676. The van der Waals surface area contributed by atoms with Crippen LogP contribution in [0.1, 0.15) is 60.3 Å². The minimum absolute atomic E-state index is 0.220. The van der Waals surface area contributed by atoms with Gasteiger partial charge in [0.2, 0.25) is 0 Å². The van der Waals surface area contributed by atoms with Gasteiger partial charge in [-0.3, -0.25) is 0 Å². The second kappa shape index (κ2) is 10.3.